The number of likely N-dealkylation sites (tertiary alicyclic amines) is 1. The van der Waals surface area contributed by atoms with Gasteiger partial charge < -0.3 is 15.2 Å². The maximum Gasteiger partial charge on any atom is 0.408 e. The number of hydrogen-bond acceptors (Lipinski definition) is 8. The molecule has 0 bridgehead atoms. The van der Waals surface area contributed by atoms with Crippen LogP contribution in [-0.4, -0.2) is 65.2 Å². The summed E-state index contributed by atoms with van der Waals surface area (Å²) in [6, 6.07) is 7.75. The van der Waals surface area contributed by atoms with Crippen molar-refractivity contribution >= 4 is 17.8 Å². The smallest absolute Gasteiger partial charge is 0.408 e. The predicted octanol–water partition coefficient (Wildman–Crippen LogP) is 2.56. The Morgan fingerprint density at radius 3 is 2.40 bits per heavy atom. The number of nitrogens with zero attached hydrogens (tertiary/aromatic N) is 5. The van der Waals surface area contributed by atoms with Crippen LogP contribution in [-0.2, 0) is 34.0 Å². The van der Waals surface area contributed by atoms with Gasteiger partial charge in [0.15, 0.2) is 11.6 Å². The van der Waals surface area contributed by atoms with Crippen LogP contribution in [0.1, 0.15) is 64.8 Å². The highest BCUT2D eigenvalue weighted by Gasteiger charge is 2.42. The monoisotopic (exact) mass is 486 g/mol. The number of ketones is 1. The number of rotatable bonds is 10. The van der Waals surface area contributed by atoms with Crippen LogP contribution in [0.25, 0.3) is 0 Å². The second kappa shape index (κ2) is 10.9. The number of carbonyl (C=O) groups is 3. The Labute approximate surface area is 204 Å². The van der Waals surface area contributed by atoms with E-state index >= 15 is 0 Å². The van der Waals surface area contributed by atoms with Gasteiger partial charge in [-0.2, -0.15) is 0 Å². The molecule has 0 aliphatic carbocycles. The average molecular weight is 487 g/mol. The van der Waals surface area contributed by atoms with Crippen molar-refractivity contribution in [2.45, 2.75) is 90.2 Å². The molecule has 1 saturated heterocycles. The van der Waals surface area contributed by atoms with Gasteiger partial charge in [0.2, 0.25) is 0 Å². The fourth-order valence-corrected chi connectivity index (χ4v) is 4.66. The number of benzene rings is 1. The molecule has 11 heteroatoms. The van der Waals surface area contributed by atoms with E-state index in [1.807, 2.05) is 18.2 Å². The maximum absolute atomic E-state index is 13.0. The first-order valence-electron chi connectivity index (χ1n) is 11.7. The topological polar surface area (TPSA) is 140 Å². The van der Waals surface area contributed by atoms with Crippen molar-refractivity contribution in [1.29, 1.82) is 0 Å². The van der Waals surface area contributed by atoms with Gasteiger partial charge >= 0.3 is 12.1 Å². The first kappa shape index (κ1) is 26.3. The number of carboxylic acid groups (broad SMARTS) is 1. The van der Waals surface area contributed by atoms with Crippen LogP contribution in [0, 0.1) is 0 Å². The van der Waals surface area contributed by atoms with Crippen LogP contribution < -0.4 is 5.32 Å². The molecule has 1 atom stereocenters. The van der Waals surface area contributed by atoms with Crippen LogP contribution >= 0.6 is 0 Å². The zero-order valence-corrected chi connectivity index (χ0v) is 20.7. The Kier molecular flexibility index (Phi) is 8.21. The number of alkyl carbamates (subject to hydrolysis) is 1. The first-order chi connectivity index (χ1) is 16.5. The normalized spacial score (nSPS) is 17.9. The molecule has 190 valence electrons. The minimum absolute atomic E-state index is 0.000788. The zero-order valence-electron chi connectivity index (χ0n) is 20.7. The fraction of sp³-hybridized carbons (Fsp3) is 0.583. The molecule has 1 aromatic heterocycles. The third-order valence-corrected chi connectivity index (χ3v) is 6.52. The summed E-state index contributed by atoms with van der Waals surface area (Å²) in [6.45, 7) is 8.90. The molecular weight excluding hydrogens is 452 g/mol. The summed E-state index contributed by atoms with van der Waals surface area (Å²) in [6.07, 6.45) is 1.74. The van der Waals surface area contributed by atoms with Crippen LogP contribution in [0.2, 0.25) is 0 Å². The molecule has 2 aromatic rings. The second-order valence-electron chi connectivity index (χ2n) is 10.1. The van der Waals surface area contributed by atoms with Gasteiger partial charge in [-0.1, -0.05) is 30.3 Å². The standard InChI is InChI=1S/C24H34N6O5/c1-23(2)11-8-12-24(3,4)30(23)15-20-26-27-28-29(20)14-19(31)18(13-21(32)33)25-22(34)35-16-17-9-6-5-7-10-17/h5-7,9-10,18H,8,11-16H2,1-4H3,(H,25,34)(H,32,33). The van der Waals surface area contributed by atoms with E-state index in [1.165, 1.54) is 4.68 Å². The number of piperidine rings is 1. The number of carbonyl (C=O) groups excluding carboxylic acids is 2. The molecule has 2 heterocycles. The number of tetrazole rings is 1. The van der Waals surface area contributed by atoms with Crippen molar-refractivity contribution in [3.63, 3.8) is 0 Å². The minimum Gasteiger partial charge on any atom is -0.481 e. The molecular formula is C24H34N6O5. The van der Waals surface area contributed by atoms with Gasteiger partial charge in [0.1, 0.15) is 19.2 Å². The van der Waals surface area contributed by atoms with Crippen molar-refractivity contribution in [1.82, 2.24) is 30.4 Å². The van der Waals surface area contributed by atoms with Gasteiger partial charge in [0.05, 0.1) is 13.0 Å². The van der Waals surface area contributed by atoms with Crippen molar-refractivity contribution in [3.05, 3.63) is 41.7 Å². The van der Waals surface area contributed by atoms with Gasteiger partial charge in [-0.05, 0) is 62.9 Å². The molecule has 1 aliphatic heterocycles. The van der Waals surface area contributed by atoms with E-state index in [0.717, 1.165) is 24.8 Å². The van der Waals surface area contributed by atoms with E-state index in [4.69, 9.17) is 4.74 Å². The van der Waals surface area contributed by atoms with Crippen molar-refractivity contribution in [3.8, 4) is 0 Å². The third kappa shape index (κ3) is 7.08. The summed E-state index contributed by atoms with van der Waals surface area (Å²) in [5.74, 6) is -1.25. The summed E-state index contributed by atoms with van der Waals surface area (Å²) in [7, 11) is 0. The Hall–Kier alpha value is -3.34. The van der Waals surface area contributed by atoms with Gasteiger partial charge in [0, 0.05) is 11.1 Å². The highest BCUT2D eigenvalue weighted by atomic mass is 16.5. The lowest BCUT2D eigenvalue weighted by Crippen LogP contribution is -2.58. The summed E-state index contributed by atoms with van der Waals surface area (Å²) in [5.41, 5.74) is 0.627. The molecule has 11 nitrogen and oxygen atoms in total. The van der Waals surface area contributed by atoms with Crippen molar-refractivity contribution < 1.29 is 24.2 Å². The largest absolute Gasteiger partial charge is 0.481 e. The molecule has 35 heavy (non-hydrogen) atoms. The van der Waals surface area contributed by atoms with E-state index in [-0.39, 0.29) is 24.2 Å². The quantitative estimate of drug-likeness (QED) is 0.518. The Morgan fingerprint density at radius 1 is 1.11 bits per heavy atom. The number of carboxylic acids is 1. The number of hydrogen-bond donors (Lipinski definition) is 2. The molecule has 2 N–H and O–H groups in total. The minimum atomic E-state index is -1.28. The molecule has 0 saturated carbocycles. The van der Waals surface area contributed by atoms with Crippen molar-refractivity contribution in [2.24, 2.45) is 0 Å². The van der Waals surface area contributed by atoms with Crippen LogP contribution in [0.5, 0.6) is 0 Å². The number of ether oxygens (including phenoxy) is 1. The summed E-state index contributed by atoms with van der Waals surface area (Å²) < 4.78 is 6.52. The average Bonchev–Trinajstić information content (AvgIpc) is 3.21. The number of aliphatic carboxylic acids is 1. The molecule has 1 unspecified atom stereocenters. The van der Waals surface area contributed by atoms with Gasteiger partial charge in [-0.15, -0.1) is 5.10 Å². The lowest BCUT2D eigenvalue weighted by molar-refractivity contribution is -0.139. The van der Waals surface area contributed by atoms with Gasteiger partial charge in [-0.3, -0.25) is 14.5 Å². The highest BCUT2D eigenvalue weighted by molar-refractivity contribution is 5.90. The van der Waals surface area contributed by atoms with Gasteiger partial charge in [0.25, 0.3) is 0 Å². The van der Waals surface area contributed by atoms with E-state index < -0.39 is 30.3 Å². The molecule has 1 fully saturated rings. The molecule has 1 aliphatic rings. The Bertz CT molecular complexity index is 1020. The van der Waals surface area contributed by atoms with Crippen molar-refractivity contribution in [2.75, 3.05) is 0 Å². The maximum atomic E-state index is 13.0. The van der Waals surface area contributed by atoms with Crippen LogP contribution in [0.15, 0.2) is 30.3 Å². The first-order valence-corrected chi connectivity index (χ1v) is 11.7. The fourth-order valence-electron chi connectivity index (χ4n) is 4.66. The number of amides is 1. The van der Waals surface area contributed by atoms with Gasteiger partial charge in [-0.25, -0.2) is 9.48 Å². The second-order valence-corrected chi connectivity index (χ2v) is 10.1. The Balaban J connectivity index is 1.66. The molecule has 0 spiro atoms. The summed E-state index contributed by atoms with van der Waals surface area (Å²) in [4.78, 5) is 38.9. The lowest BCUT2D eigenvalue weighted by Gasteiger charge is -2.52. The molecule has 1 aromatic carbocycles. The summed E-state index contributed by atoms with van der Waals surface area (Å²) in [5, 5.41) is 23.4. The lowest BCUT2D eigenvalue weighted by atomic mass is 9.80. The third-order valence-electron chi connectivity index (χ3n) is 6.52. The molecule has 3 rings (SSSR count). The van der Waals surface area contributed by atoms with Crippen LogP contribution in [0.4, 0.5) is 4.79 Å². The van der Waals surface area contributed by atoms with Crippen LogP contribution in [0.3, 0.4) is 0 Å². The predicted molar refractivity (Wildman–Crippen MR) is 126 cm³/mol. The van der Waals surface area contributed by atoms with E-state index in [1.54, 1.807) is 12.1 Å². The van der Waals surface area contributed by atoms with E-state index in [0.29, 0.717) is 12.4 Å². The zero-order chi connectivity index (χ0) is 25.6. The molecule has 1 amide bonds. The highest BCUT2D eigenvalue weighted by Crippen LogP contribution is 2.38. The SMILES string of the molecule is CC1(C)CCCC(C)(C)N1Cc1nnnn1CC(=O)C(CC(=O)O)NC(=O)OCc1ccccc1. The Morgan fingerprint density at radius 2 is 1.77 bits per heavy atom. The summed E-state index contributed by atoms with van der Waals surface area (Å²) >= 11 is 0. The number of Topliss-reactive ketones (excluding diaryl/α,β-unsaturated/α-hetero) is 1. The number of nitrogens with one attached hydrogen (secondary N) is 1. The van der Waals surface area contributed by atoms with E-state index in [2.05, 4.69) is 53.4 Å². The number of aromatic nitrogens is 4. The molecule has 0 radical (unpaired) electrons. The van der Waals surface area contributed by atoms with E-state index in [9.17, 15) is 19.5 Å².